The molecule has 3 rings (SSSR count). The van der Waals surface area contributed by atoms with Crippen LogP contribution in [0.2, 0.25) is 0 Å². The summed E-state index contributed by atoms with van der Waals surface area (Å²) in [5, 5.41) is 5.57. The zero-order valence-electron chi connectivity index (χ0n) is 10.5. The lowest BCUT2D eigenvalue weighted by molar-refractivity contribution is 0.677. The van der Waals surface area contributed by atoms with Gasteiger partial charge in [-0.05, 0) is 41.6 Å². The van der Waals surface area contributed by atoms with Gasteiger partial charge in [-0.3, -0.25) is 4.98 Å². The Balaban J connectivity index is 1.98. The van der Waals surface area contributed by atoms with E-state index in [1.807, 2.05) is 31.2 Å². The Bertz CT molecular complexity index is 748. The number of para-hydroxylation sites is 1. The topological polar surface area (TPSA) is 56.7 Å². The number of nitrogens with zero attached hydrogens (tertiary/aromatic N) is 3. The van der Waals surface area contributed by atoms with Crippen LogP contribution >= 0.6 is 22.6 Å². The first-order chi connectivity index (χ1) is 9.15. The molecule has 2 heterocycles. The third-order valence-electron chi connectivity index (χ3n) is 3.06. The number of halogens is 1. The van der Waals surface area contributed by atoms with E-state index in [1.54, 1.807) is 4.68 Å². The van der Waals surface area contributed by atoms with Crippen molar-refractivity contribution in [1.82, 2.24) is 14.8 Å². The van der Waals surface area contributed by atoms with Crippen LogP contribution < -0.4 is 5.73 Å². The predicted octanol–water partition coefficient (Wildman–Crippen LogP) is 2.97. The van der Waals surface area contributed by atoms with Gasteiger partial charge in [0.15, 0.2) is 0 Å². The number of anilines is 1. The molecule has 0 amide bonds. The molecule has 0 spiro atoms. The standard InChI is InChI=1S/C14H13IN4/c1-9-13(15)14(16)19(18-9)8-11-7-6-10-4-2-3-5-12(10)17-11/h2-7H,8,16H2,1H3. The van der Waals surface area contributed by atoms with Gasteiger partial charge in [-0.1, -0.05) is 24.3 Å². The first-order valence-electron chi connectivity index (χ1n) is 5.98. The first-order valence-corrected chi connectivity index (χ1v) is 7.06. The Labute approximate surface area is 124 Å². The number of fused-ring (bicyclic) bond motifs is 1. The SMILES string of the molecule is Cc1nn(Cc2ccc3ccccc3n2)c(N)c1I. The van der Waals surface area contributed by atoms with Crippen molar-refractivity contribution < 1.29 is 0 Å². The van der Waals surface area contributed by atoms with Crippen LogP contribution in [-0.2, 0) is 6.54 Å². The van der Waals surface area contributed by atoms with Crippen molar-refractivity contribution in [3.63, 3.8) is 0 Å². The lowest BCUT2D eigenvalue weighted by Gasteiger charge is -2.05. The number of benzene rings is 1. The molecule has 0 radical (unpaired) electrons. The van der Waals surface area contributed by atoms with E-state index < -0.39 is 0 Å². The summed E-state index contributed by atoms with van der Waals surface area (Å²) in [6.45, 7) is 2.56. The van der Waals surface area contributed by atoms with E-state index in [0.29, 0.717) is 12.4 Å². The number of rotatable bonds is 2. The quantitative estimate of drug-likeness (QED) is 0.712. The number of aromatic nitrogens is 3. The van der Waals surface area contributed by atoms with Crippen molar-refractivity contribution in [2.24, 2.45) is 0 Å². The highest BCUT2D eigenvalue weighted by atomic mass is 127. The Morgan fingerprint density at radius 3 is 2.74 bits per heavy atom. The monoisotopic (exact) mass is 364 g/mol. The number of pyridine rings is 1. The van der Waals surface area contributed by atoms with Crippen LogP contribution in [0.5, 0.6) is 0 Å². The molecule has 0 fully saturated rings. The average Bonchev–Trinajstić information content (AvgIpc) is 2.66. The number of hydrogen-bond donors (Lipinski definition) is 1. The predicted molar refractivity (Wildman–Crippen MR) is 84.9 cm³/mol. The van der Waals surface area contributed by atoms with E-state index in [2.05, 4.69) is 44.8 Å². The van der Waals surface area contributed by atoms with Gasteiger partial charge in [-0.25, -0.2) is 4.68 Å². The van der Waals surface area contributed by atoms with Crippen LogP contribution in [0, 0.1) is 10.5 Å². The van der Waals surface area contributed by atoms with Crippen molar-refractivity contribution in [2.45, 2.75) is 13.5 Å². The molecule has 5 heteroatoms. The van der Waals surface area contributed by atoms with Gasteiger partial charge in [-0.2, -0.15) is 5.10 Å². The summed E-state index contributed by atoms with van der Waals surface area (Å²) in [6.07, 6.45) is 0. The van der Waals surface area contributed by atoms with Crippen molar-refractivity contribution in [2.75, 3.05) is 5.73 Å². The maximum atomic E-state index is 6.03. The van der Waals surface area contributed by atoms with Gasteiger partial charge in [0, 0.05) is 5.39 Å². The summed E-state index contributed by atoms with van der Waals surface area (Å²) < 4.78 is 2.81. The highest BCUT2D eigenvalue weighted by molar-refractivity contribution is 14.1. The largest absolute Gasteiger partial charge is 0.383 e. The first kappa shape index (κ1) is 12.4. The molecule has 4 nitrogen and oxygen atoms in total. The molecule has 19 heavy (non-hydrogen) atoms. The van der Waals surface area contributed by atoms with E-state index in [9.17, 15) is 0 Å². The minimum absolute atomic E-state index is 0.598. The summed E-state index contributed by atoms with van der Waals surface area (Å²) >= 11 is 2.22. The van der Waals surface area contributed by atoms with Crippen LogP contribution in [-0.4, -0.2) is 14.8 Å². The molecule has 0 atom stereocenters. The van der Waals surface area contributed by atoms with Gasteiger partial charge in [0.05, 0.1) is 27.0 Å². The molecular formula is C14H13IN4. The number of hydrogen-bond acceptors (Lipinski definition) is 3. The molecule has 0 bridgehead atoms. The molecule has 0 saturated heterocycles. The molecule has 96 valence electrons. The van der Waals surface area contributed by atoms with Gasteiger partial charge in [0.25, 0.3) is 0 Å². The second-order valence-electron chi connectivity index (χ2n) is 4.44. The van der Waals surface area contributed by atoms with Crippen LogP contribution in [0.25, 0.3) is 10.9 Å². The highest BCUT2D eigenvalue weighted by Crippen LogP contribution is 2.19. The van der Waals surface area contributed by atoms with Crippen molar-refractivity contribution in [3.8, 4) is 0 Å². The molecule has 0 unspecified atom stereocenters. The fourth-order valence-electron chi connectivity index (χ4n) is 2.05. The zero-order chi connectivity index (χ0) is 13.4. The van der Waals surface area contributed by atoms with Gasteiger partial charge < -0.3 is 5.73 Å². The maximum absolute atomic E-state index is 6.03. The van der Waals surface area contributed by atoms with E-state index in [0.717, 1.165) is 25.9 Å². The minimum atomic E-state index is 0.598. The highest BCUT2D eigenvalue weighted by Gasteiger charge is 2.10. The molecule has 0 aliphatic heterocycles. The van der Waals surface area contributed by atoms with Crippen molar-refractivity contribution in [3.05, 3.63) is 51.4 Å². The summed E-state index contributed by atoms with van der Waals surface area (Å²) in [6, 6.07) is 12.2. The molecule has 0 aliphatic carbocycles. The molecule has 2 N–H and O–H groups in total. The molecule has 0 aliphatic rings. The van der Waals surface area contributed by atoms with Crippen molar-refractivity contribution in [1.29, 1.82) is 0 Å². The Morgan fingerprint density at radius 1 is 1.21 bits per heavy atom. The van der Waals surface area contributed by atoms with Gasteiger partial charge in [0.1, 0.15) is 5.82 Å². The summed E-state index contributed by atoms with van der Waals surface area (Å²) in [5.74, 6) is 0.702. The van der Waals surface area contributed by atoms with Crippen LogP contribution in [0.15, 0.2) is 36.4 Å². The van der Waals surface area contributed by atoms with E-state index in [-0.39, 0.29) is 0 Å². The van der Waals surface area contributed by atoms with Gasteiger partial charge in [-0.15, -0.1) is 0 Å². The molecule has 1 aromatic carbocycles. The zero-order valence-corrected chi connectivity index (χ0v) is 12.6. The second-order valence-corrected chi connectivity index (χ2v) is 5.52. The fraction of sp³-hybridized carbons (Fsp3) is 0.143. The molecule has 0 saturated carbocycles. The third-order valence-corrected chi connectivity index (χ3v) is 4.39. The van der Waals surface area contributed by atoms with Crippen LogP contribution in [0.1, 0.15) is 11.4 Å². The molecule has 3 aromatic rings. The van der Waals surface area contributed by atoms with Crippen LogP contribution in [0.3, 0.4) is 0 Å². The summed E-state index contributed by atoms with van der Waals surface area (Å²) in [5.41, 5.74) is 8.95. The van der Waals surface area contributed by atoms with Crippen LogP contribution in [0.4, 0.5) is 5.82 Å². The Morgan fingerprint density at radius 2 is 2.00 bits per heavy atom. The lowest BCUT2D eigenvalue weighted by Crippen LogP contribution is -2.07. The van der Waals surface area contributed by atoms with E-state index in [1.165, 1.54) is 0 Å². The second kappa shape index (κ2) is 4.80. The normalized spacial score (nSPS) is 11.1. The van der Waals surface area contributed by atoms with Gasteiger partial charge >= 0.3 is 0 Å². The Hall–Kier alpha value is -1.63. The van der Waals surface area contributed by atoms with Gasteiger partial charge in [0.2, 0.25) is 0 Å². The Kier molecular flexibility index (Phi) is 3.14. The smallest absolute Gasteiger partial charge is 0.135 e. The number of aryl methyl sites for hydroxylation is 1. The minimum Gasteiger partial charge on any atom is -0.383 e. The number of nitrogen functional groups attached to an aromatic ring is 1. The maximum Gasteiger partial charge on any atom is 0.135 e. The summed E-state index contributed by atoms with van der Waals surface area (Å²) in [4.78, 5) is 4.63. The molecular weight excluding hydrogens is 351 g/mol. The number of nitrogens with two attached hydrogens (primary N) is 1. The summed E-state index contributed by atoms with van der Waals surface area (Å²) in [7, 11) is 0. The third kappa shape index (κ3) is 2.30. The van der Waals surface area contributed by atoms with Crippen molar-refractivity contribution >= 4 is 39.3 Å². The fourth-order valence-corrected chi connectivity index (χ4v) is 2.43. The molecule has 2 aromatic heterocycles. The lowest BCUT2D eigenvalue weighted by atomic mass is 10.2. The van der Waals surface area contributed by atoms with E-state index >= 15 is 0 Å². The van der Waals surface area contributed by atoms with E-state index in [4.69, 9.17) is 5.73 Å². The average molecular weight is 364 g/mol.